The van der Waals surface area contributed by atoms with E-state index in [0.29, 0.717) is 10.8 Å². The molecule has 134 valence electrons. The second-order valence-electron chi connectivity index (χ2n) is 5.89. The summed E-state index contributed by atoms with van der Waals surface area (Å²) >= 11 is 1.34. The van der Waals surface area contributed by atoms with Gasteiger partial charge in [0.25, 0.3) is 0 Å². The first-order chi connectivity index (χ1) is 13.2. The van der Waals surface area contributed by atoms with Crippen LogP contribution in [0.1, 0.15) is 5.56 Å². The number of hydrogen-bond donors (Lipinski definition) is 1. The van der Waals surface area contributed by atoms with E-state index >= 15 is 0 Å². The predicted octanol–water partition coefficient (Wildman–Crippen LogP) is 4.32. The average molecular weight is 378 g/mol. The molecule has 2 heterocycles. The van der Waals surface area contributed by atoms with Crippen LogP contribution in [0, 0.1) is 5.82 Å². The maximum atomic E-state index is 13.0. The second kappa shape index (κ2) is 7.51. The Morgan fingerprint density at radius 1 is 1.11 bits per heavy atom. The highest BCUT2D eigenvalue weighted by Gasteiger charge is 2.09. The van der Waals surface area contributed by atoms with Crippen LogP contribution >= 0.6 is 11.3 Å². The first-order valence-corrected chi connectivity index (χ1v) is 9.15. The van der Waals surface area contributed by atoms with Gasteiger partial charge < -0.3 is 5.32 Å². The van der Waals surface area contributed by atoms with Crippen molar-refractivity contribution in [1.29, 1.82) is 0 Å². The van der Waals surface area contributed by atoms with Crippen LogP contribution < -0.4 is 5.32 Å². The Morgan fingerprint density at radius 2 is 1.89 bits per heavy atom. The monoisotopic (exact) mass is 378 g/mol. The lowest BCUT2D eigenvalue weighted by molar-refractivity contribution is -0.115. The summed E-state index contributed by atoms with van der Waals surface area (Å²) in [5.74, 6) is -0.428. The van der Waals surface area contributed by atoms with E-state index in [1.165, 1.54) is 23.5 Å². The van der Waals surface area contributed by atoms with Gasteiger partial charge in [-0.3, -0.25) is 4.79 Å². The third-order valence-electron chi connectivity index (χ3n) is 3.96. The molecule has 0 unspecified atom stereocenters. The smallest absolute Gasteiger partial charge is 0.230 e. The van der Waals surface area contributed by atoms with E-state index in [4.69, 9.17) is 0 Å². The van der Waals surface area contributed by atoms with E-state index in [1.54, 1.807) is 23.0 Å². The number of rotatable bonds is 5. The summed E-state index contributed by atoms with van der Waals surface area (Å²) < 4.78 is 14.8. The normalized spacial score (nSPS) is 10.7. The fourth-order valence-electron chi connectivity index (χ4n) is 2.62. The molecule has 0 bridgehead atoms. The summed E-state index contributed by atoms with van der Waals surface area (Å²) in [5.41, 5.74) is 3.35. The van der Waals surface area contributed by atoms with Gasteiger partial charge in [-0.2, -0.15) is 5.10 Å². The fourth-order valence-corrected chi connectivity index (χ4v) is 3.36. The fraction of sp³-hybridized carbons (Fsp3) is 0.0500. The van der Waals surface area contributed by atoms with Crippen LogP contribution in [0.5, 0.6) is 0 Å². The van der Waals surface area contributed by atoms with E-state index in [-0.39, 0.29) is 18.1 Å². The molecule has 2 aromatic heterocycles. The Labute approximate surface area is 159 Å². The molecule has 0 fully saturated rings. The van der Waals surface area contributed by atoms with E-state index in [9.17, 15) is 9.18 Å². The van der Waals surface area contributed by atoms with Crippen molar-refractivity contribution in [1.82, 2.24) is 14.8 Å². The maximum absolute atomic E-state index is 13.0. The average Bonchev–Trinajstić information content (AvgIpc) is 3.35. The molecule has 0 aliphatic heterocycles. The summed E-state index contributed by atoms with van der Waals surface area (Å²) in [6, 6.07) is 15.6. The number of nitrogens with one attached hydrogen (secondary N) is 1. The van der Waals surface area contributed by atoms with Crippen molar-refractivity contribution in [3.8, 4) is 16.9 Å². The van der Waals surface area contributed by atoms with Crippen LogP contribution in [0.3, 0.4) is 0 Å². The molecule has 0 aliphatic rings. The summed E-state index contributed by atoms with van der Waals surface area (Å²) in [6.07, 6.45) is 3.84. The molecule has 0 atom stereocenters. The molecule has 0 radical (unpaired) electrons. The van der Waals surface area contributed by atoms with Gasteiger partial charge in [0.1, 0.15) is 5.82 Å². The van der Waals surface area contributed by atoms with Crippen LogP contribution in [0.2, 0.25) is 0 Å². The van der Waals surface area contributed by atoms with Gasteiger partial charge in [-0.1, -0.05) is 12.1 Å². The van der Waals surface area contributed by atoms with E-state index in [1.807, 2.05) is 41.9 Å². The lowest BCUT2D eigenvalue weighted by Gasteiger charge is -2.05. The topological polar surface area (TPSA) is 59.8 Å². The van der Waals surface area contributed by atoms with Crippen LogP contribution in [-0.4, -0.2) is 20.7 Å². The largest absolute Gasteiger partial charge is 0.302 e. The molecule has 0 saturated carbocycles. The van der Waals surface area contributed by atoms with Gasteiger partial charge in [0.2, 0.25) is 5.91 Å². The second-order valence-corrected chi connectivity index (χ2v) is 6.74. The Kier molecular flexibility index (Phi) is 4.76. The minimum atomic E-state index is -0.291. The Hall–Kier alpha value is -3.32. The Bertz CT molecular complexity index is 1040. The molecule has 0 saturated heterocycles. The lowest BCUT2D eigenvalue weighted by atomic mass is 10.1. The third-order valence-corrected chi connectivity index (χ3v) is 4.72. The van der Waals surface area contributed by atoms with Gasteiger partial charge in [0.15, 0.2) is 5.13 Å². The van der Waals surface area contributed by atoms with E-state index in [0.717, 1.165) is 16.8 Å². The molecule has 0 aliphatic carbocycles. The summed E-state index contributed by atoms with van der Waals surface area (Å²) in [5, 5.41) is 9.34. The van der Waals surface area contributed by atoms with Crippen molar-refractivity contribution < 1.29 is 9.18 Å². The van der Waals surface area contributed by atoms with Crippen LogP contribution in [-0.2, 0) is 11.2 Å². The SMILES string of the molecule is O=C(Cc1ccc(-n2cccn2)cc1)Nc1nc(-c2ccc(F)cc2)cs1. The van der Waals surface area contributed by atoms with Crippen molar-refractivity contribution >= 4 is 22.4 Å². The lowest BCUT2D eigenvalue weighted by Crippen LogP contribution is -2.14. The maximum Gasteiger partial charge on any atom is 0.230 e. The van der Waals surface area contributed by atoms with Crippen molar-refractivity contribution in [2.45, 2.75) is 6.42 Å². The molecule has 5 nitrogen and oxygen atoms in total. The van der Waals surface area contributed by atoms with E-state index < -0.39 is 0 Å². The van der Waals surface area contributed by atoms with Crippen LogP contribution in [0.4, 0.5) is 9.52 Å². The van der Waals surface area contributed by atoms with Crippen molar-refractivity contribution in [3.63, 3.8) is 0 Å². The Morgan fingerprint density at radius 3 is 2.59 bits per heavy atom. The quantitative estimate of drug-likeness (QED) is 0.563. The van der Waals surface area contributed by atoms with Crippen molar-refractivity contribution in [3.05, 3.63) is 83.8 Å². The molecule has 4 aromatic rings. The first-order valence-electron chi connectivity index (χ1n) is 8.28. The zero-order valence-electron chi connectivity index (χ0n) is 14.2. The minimum Gasteiger partial charge on any atom is -0.302 e. The standard InChI is InChI=1S/C20H15FN4OS/c21-16-6-4-15(5-7-16)18-13-27-20(23-18)24-19(26)12-14-2-8-17(9-3-14)25-11-1-10-22-25/h1-11,13H,12H2,(H,23,24,26). The first kappa shape index (κ1) is 17.1. The summed E-state index contributed by atoms with van der Waals surface area (Å²) in [7, 11) is 0. The minimum absolute atomic E-state index is 0.137. The number of anilines is 1. The highest BCUT2D eigenvalue weighted by atomic mass is 32.1. The highest BCUT2D eigenvalue weighted by molar-refractivity contribution is 7.14. The van der Waals surface area contributed by atoms with Crippen LogP contribution in [0.15, 0.2) is 72.4 Å². The number of thiazole rings is 1. The number of benzene rings is 2. The number of carbonyl (C=O) groups excluding carboxylic acids is 1. The van der Waals surface area contributed by atoms with Gasteiger partial charge in [0, 0.05) is 23.3 Å². The molecular weight excluding hydrogens is 363 g/mol. The van der Waals surface area contributed by atoms with Gasteiger partial charge in [0.05, 0.1) is 17.8 Å². The predicted molar refractivity (Wildman–Crippen MR) is 103 cm³/mol. The molecule has 7 heteroatoms. The van der Waals surface area contributed by atoms with Crippen molar-refractivity contribution in [2.24, 2.45) is 0 Å². The number of amides is 1. The zero-order valence-corrected chi connectivity index (χ0v) is 15.0. The molecular formula is C20H15FN4OS. The number of hydrogen-bond acceptors (Lipinski definition) is 4. The molecule has 0 spiro atoms. The summed E-state index contributed by atoms with van der Waals surface area (Å²) in [4.78, 5) is 16.7. The number of nitrogens with zero attached hydrogens (tertiary/aromatic N) is 3. The van der Waals surface area contributed by atoms with E-state index in [2.05, 4.69) is 15.4 Å². The molecule has 4 rings (SSSR count). The molecule has 1 amide bonds. The highest BCUT2D eigenvalue weighted by Crippen LogP contribution is 2.25. The van der Waals surface area contributed by atoms with Gasteiger partial charge in [-0.05, 0) is 48.0 Å². The summed E-state index contributed by atoms with van der Waals surface area (Å²) in [6.45, 7) is 0. The number of carbonyl (C=O) groups is 1. The Balaban J connectivity index is 1.39. The van der Waals surface area contributed by atoms with Gasteiger partial charge in [-0.25, -0.2) is 14.1 Å². The van der Waals surface area contributed by atoms with Gasteiger partial charge >= 0.3 is 0 Å². The van der Waals surface area contributed by atoms with Crippen molar-refractivity contribution in [2.75, 3.05) is 5.32 Å². The number of halogens is 1. The zero-order chi connectivity index (χ0) is 18.6. The molecule has 2 aromatic carbocycles. The third kappa shape index (κ3) is 4.09. The molecule has 27 heavy (non-hydrogen) atoms. The van der Waals surface area contributed by atoms with Crippen LogP contribution in [0.25, 0.3) is 16.9 Å². The molecule has 1 N–H and O–H groups in total. The van der Waals surface area contributed by atoms with Gasteiger partial charge in [-0.15, -0.1) is 11.3 Å². The number of aromatic nitrogens is 3.